The molecule has 0 aromatic rings. The maximum Gasteiger partial charge on any atom is 0.241 e. The second kappa shape index (κ2) is 1.47. The smallest absolute Gasteiger partial charge is 0.0923 e. The Hall–Kier alpha value is -0.250. The van der Waals surface area contributed by atoms with E-state index in [1.807, 2.05) is 0 Å². The molecule has 0 amide bonds. The zero-order chi connectivity index (χ0) is 4.41. The average Bonchev–Trinajstić information content (AvgIpc) is 1.86. The lowest BCUT2D eigenvalue weighted by atomic mass is 10.8. The largest absolute Gasteiger partial charge is 0.241 e. The van der Waals surface area contributed by atoms with Crippen molar-refractivity contribution in [3.8, 4) is 0 Å². The van der Waals surface area contributed by atoms with E-state index in [4.69, 9.17) is 0 Å². The fourth-order valence-electron chi connectivity index (χ4n) is 0.238. The van der Waals surface area contributed by atoms with Crippen molar-refractivity contribution < 1.29 is 4.87 Å². The maximum atomic E-state index is 10.00. The van der Waals surface area contributed by atoms with E-state index in [0.29, 0.717) is 6.54 Å². The number of hydrogen-bond acceptors (Lipinski definition) is 2. The fourth-order valence-corrected chi connectivity index (χ4v) is 0.715. The number of rotatable bonds is 0. The summed E-state index contributed by atoms with van der Waals surface area (Å²) in [6.45, 7) is 0.491. The second-order valence-electron chi connectivity index (χ2n) is 0.937. The quantitative estimate of drug-likeness (QED) is 0.349. The van der Waals surface area contributed by atoms with E-state index >= 15 is 0 Å². The zero-order valence-corrected chi connectivity index (χ0v) is 3.86. The minimum absolute atomic E-state index is 0.491. The number of nitrogens with zero attached hydrogens (tertiary/aromatic N) is 1. The van der Waals surface area contributed by atoms with Crippen LogP contribution in [0.25, 0.3) is 0 Å². The molecule has 0 aliphatic carbocycles. The Kier molecular flexibility index (Phi) is 0.959. The van der Waals surface area contributed by atoms with Crippen molar-refractivity contribution in [1.29, 1.82) is 0 Å². The van der Waals surface area contributed by atoms with Crippen LogP contribution in [0, 0.1) is 10.7 Å². The van der Waals surface area contributed by atoms with Gasteiger partial charge < -0.3 is 0 Å². The van der Waals surface area contributed by atoms with Gasteiger partial charge in [0, 0.05) is 11.9 Å². The van der Waals surface area contributed by atoms with Crippen molar-refractivity contribution in [3.63, 3.8) is 0 Å². The van der Waals surface area contributed by atoms with E-state index in [-0.39, 0.29) is 0 Å². The Labute approximate surface area is 39.8 Å². The minimum Gasteiger partial charge on any atom is -0.0923 e. The molecule has 0 aromatic heterocycles. The summed E-state index contributed by atoms with van der Waals surface area (Å²) in [6.07, 6.45) is 0. The molecule has 0 bridgehead atoms. The summed E-state index contributed by atoms with van der Waals surface area (Å²) < 4.78 is 0. The molecule has 6 heavy (non-hydrogen) atoms. The van der Waals surface area contributed by atoms with Crippen LogP contribution in [0.1, 0.15) is 0 Å². The molecule has 4 heteroatoms. The van der Waals surface area contributed by atoms with Crippen LogP contribution in [0.4, 0.5) is 0 Å². The number of nitrogens with one attached hydrogen (secondary N) is 1. The number of hydrazine groups is 1. The summed E-state index contributed by atoms with van der Waals surface area (Å²) in [5.41, 5.74) is 0. The second-order valence-corrected chi connectivity index (χ2v) is 1.69. The fraction of sp³-hybridized carbons (Fsp3) is 0.500. The van der Waals surface area contributed by atoms with Crippen molar-refractivity contribution in [2.24, 2.45) is 0 Å². The molecule has 1 rings (SSSR count). The standard InChI is InChI=1S/C2H4N2OS/c5-4-1-2-6-3-4/h2H,1H2,(H,3,5)/q+1. The lowest BCUT2D eigenvalue weighted by Crippen LogP contribution is -2.10. The SMILES string of the molecule is O=[N+]1C[CH]SN1. The van der Waals surface area contributed by atoms with Gasteiger partial charge in [0.1, 0.15) is 10.6 Å². The molecule has 33 valence electrons. The molecule has 0 spiro atoms. The lowest BCUT2D eigenvalue weighted by Gasteiger charge is -1.68. The van der Waals surface area contributed by atoms with Crippen molar-refractivity contribution in [2.45, 2.75) is 0 Å². The Morgan fingerprint density at radius 3 is 3.00 bits per heavy atom. The Bertz CT molecular complexity index is 65.9. The highest BCUT2D eigenvalue weighted by atomic mass is 32.2. The van der Waals surface area contributed by atoms with Crippen molar-refractivity contribution in [1.82, 2.24) is 4.83 Å². The predicted molar refractivity (Wildman–Crippen MR) is 23.5 cm³/mol. The normalized spacial score (nSPS) is 21.0. The highest BCUT2D eigenvalue weighted by Gasteiger charge is 2.15. The predicted octanol–water partition coefficient (Wildman–Crippen LogP) is 0.0935. The molecule has 0 atom stereocenters. The van der Waals surface area contributed by atoms with Gasteiger partial charge in [0.05, 0.1) is 4.91 Å². The van der Waals surface area contributed by atoms with Gasteiger partial charge >= 0.3 is 0 Å². The third-order valence-corrected chi connectivity index (χ3v) is 1.10. The first-order valence-electron chi connectivity index (χ1n) is 1.57. The van der Waals surface area contributed by atoms with E-state index in [9.17, 15) is 4.91 Å². The summed E-state index contributed by atoms with van der Waals surface area (Å²) in [7, 11) is 0. The van der Waals surface area contributed by atoms with Crippen LogP contribution in [-0.2, 0) is 0 Å². The zero-order valence-electron chi connectivity index (χ0n) is 3.05. The Morgan fingerprint density at radius 1 is 2.00 bits per heavy atom. The summed E-state index contributed by atoms with van der Waals surface area (Å²) >= 11 is 1.32. The van der Waals surface area contributed by atoms with Crippen LogP contribution in [0.2, 0.25) is 0 Å². The van der Waals surface area contributed by atoms with Gasteiger partial charge in [0.25, 0.3) is 0 Å². The molecular weight excluding hydrogens is 100 g/mol. The van der Waals surface area contributed by atoms with Gasteiger partial charge in [0.2, 0.25) is 6.54 Å². The van der Waals surface area contributed by atoms with Gasteiger partial charge in [-0.1, -0.05) is 4.83 Å². The monoisotopic (exact) mass is 104 g/mol. The van der Waals surface area contributed by atoms with E-state index in [0.717, 1.165) is 4.87 Å². The number of hydrogen-bond donors (Lipinski definition) is 1. The van der Waals surface area contributed by atoms with E-state index in [2.05, 4.69) is 4.83 Å². The molecule has 1 aliphatic rings. The number of nitroso groups, excluding NO2 is 1. The van der Waals surface area contributed by atoms with Crippen LogP contribution < -0.4 is 4.83 Å². The van der Waals surface area contributed by atoms with Gasteiger partial charge in [-0.3, -0.25) is 0 Å². The molecule has 1 heterocycles. The molecule has 0 aromatic carbocycles. The van der Waals surface area contributed by atoms with Crippen LogP contribution in [-0.4, -0.2) is 11.4 Å². The topological polar surface area (TPSA) is 32.1 Å². The first kappa shape index (κ1) is 3.92. The highest BCUT2D eigenvalue weighted by molar-refractivity contribution is 7.99. The van der Waals surface area contributed by atoms with E-state index < -0.39 is 0 Å². The van der Waals surface area contributed by atoms with Gasteiger partial charge in [-0.05, 0) is 0 Å². The van der Waals surface area contributed by atoms with Crippen LogP contribution in [0.15, 0.2) is 0 Å². The van der Waals surface area contributed by atoms with Gasteiger partial charge in [-0.15, -0.1) is 0 Å². The van der Waals surface area contributed by atoms with Gasteiger partial charge in [-0.25, -0.2) is 0 Å². The molecule has 1 radical (unpaired) electrons. The summed E-state index contributed by atoms with van der Waals surface area (Å²) in [5, 5.41) is 0. The summed E-state index contributed by atoms with van der Waals surface area (Å²) in [4.78, 5) is 13.2. The van der Waals surface area contributed by atoms with E-state index in [1.54, 1.807) is 5.75 Å². The first-order chi connectivity index (χ1) is 2.89. The molecule has 0 saturated carbocycles. The Balaban J connectivity index is 2.37. The van der Waals surface area contributed by atoms with Crippen molar-refractivity contribution >= 4 is 11.9 Å². The molecule has 0 unspecified atom stereocenters. The van der Waals surface area contributed by atoms with Crippen LogP contribution in [0.5, 0.6) is 0 Å². The van der Waals surface area contributed by atoms with Gasteiger partial charge in [-0.2, -0.15) is 0 Å². The molecule has 1 fully saturated rings. The summed E-state index contributed by atoms with van der Waals surface area (Å²) in [5.74, 6) is 1.80. The third-order valence-electron chi connectivity index (χ3n) is 0.478. The highest BCUT2D eigenvalue weighted by Crippen LogP contribution is 2.04. The molecule has 3 nitrogen and oxygen atoms in total. The maximum absolute atomic E-state index is 10.00. The van der Waals surface area contributed by atoms with E-state index in [1.165, 1.54) is 11.9 Å². The van der Waals surface area contributed by atoms with Crippen molar-refractivity contribution in [2.75, 3.05) is 6.54 Å². The molecule has 1 saturated heterocycles. The van der Waals surface area contributed by atoms with Crippen LogP contribution in [0.3, 0.4) is 0 Å². The van der Waals surface area contributed by atoms with Crippen molar-refractivity contribution in [3.05, 3.63) is 10.7 Å². The van der Waals surface area contributed by atoms with Gasteiger partial charge in [0.15, 0.2) is 0 Å². The Morgan fingerprint density at radius 2 is 2.83 bits per heavy atom. The summed E-state index contributed by atoms with van der Waals surface area (Å²) in [6, 6.07) is 0. The molecule has 1 aliphatic heterocycles. The van der Waals surface area contributed by atoms with Crippen LogP contribution >= 0.6 is 11.9 Å². The lowest BCUT2D eigenvalue weighted by molar-refractivity contribution is -0.568. The average molecular weight is 104 g/mol. The third kappa shape index (κ3) is 0.622. The first-order valence-corrected chi connectivity index (χ1v) is 2.45. The molecule has 1 N–H and O–H groups in total. The minimum atomic E-state index is 0.491. The molecular formula is C2H4N2OS+.